The van der Waals surface area contributed by atoms with Crippen LogP contribution in [0.25, 0.3) is 11.4 Å². The number of halogens is 11. The van der Waals surface area contributed by atoms with Gasteiger partial charge in [0.2, 0.25) is 5.91 Å². The molecule has 0 bridgehead atoms. The zero-order valence-corrected chi connectivity index (χ0v) is 40.0. The highest BCUT2D eigenvalue weighted by atomic mass is 79.9. The van der Waals surface area contributed by atoms with Crippen LogP contribution >= 0.6 is 62.3 Å². The van der Waals surface area contributed by atoms with Crippen LogP contribution in [-0.4, -0.2) is 69.3 Å². The Labute approximate surface area is 397 Å². The highest BCUT2D eigenvalue weighted by molar-refractivity contribution is 9.10. The van der Waals surface area contributed by atoms with Crippen molar-refractivity contribution in [3.8, 4) is 11.4 Å². The van der Waals surface area contributed by atoms with Crippen molar-refractivity contribution in [1.82, 2.24) is 39.5 Å². The summed E-state index contributed by atoms with van der Waals surface area (Å²) in [4.78, 5) is 28.9. The van der Waals surface area contributed by atoms with Gasteiger partial charge in [0.25, 0.3) is 5.91 Å². The maximum absolute atomic E-state index is 13.3. The normalized spacial score (nSPS) is 16.7. The average Bonchev–Trinajstić information content (AvgIpc) is 4.10. The second-order valence-corrected chi connectivity index (χ2v) is 18.4. The summed E-state index contributed by atoms with van der Waals surface area (Å²) in [5, 5.41) is 18.2. The van der Waals surface area contributed by atoms with Crippen LogP contribution in [0.1, 0.15) is 92.6 Å². The van der Waals surface area contributed by atoms with Crippen LogP contribution in [0.15, 0.2) is 60.9 Å². The first-order valence-electron chi connectivity index (χ1n) is 20.0. The van der Waals surface area contributed by atoms with E-state index in [1.54, 1.807) is 34.1 Å². The fourth-order valence-corrected chi connectivity index (χ4v) is 8.50. The van der Waals surface area contributed by atoms with E-state index in [4.69, 9.17) is 46.4 Å². The van der Waals surface area contributed by atoms with Crippen LogP contribution in [0.5, 0.6) is 0 Å². The maximum Gasteiger partial charge on any atom is 0.436 e. The monoisotopic (exact) mass is 1050 g/mol. The first-order chi connectivity index (χ1) is 30.4. The lowest BCUT2D eigenvalue weighted by Crippen LogP contribution is -2.30. The number of alkyl halides is 7. The van der Waals surface area contributed by atoms with E-state index >= 15 is 0 Å². The van der Waals surface area contributed by atoms with Crippen LogP contribution in [0.3, 0.4) is 0 Å². The number of nitrogens with zero attached hydrogens (tertiary/aromatic N) is 9. The predicted octanol–water partition coefficient (Wildman–Crippen LogP) is 12.3. The van der Waals surface area contributed by atoms with E-state index in [0.717, 1.165) is 46.1 Å². The van der Waals surface area contributed by atoms with Gasteiger partial charge in [-0.3, -0.25) is 19.4 Å². The fraction of sp³-hybridized carbons (Fsp3) is 0.381. The molecule has 2 aromatic carbocycles. The Morgan fingerprint density at radius 1 is 0.677 bits per heavy atom. The second-order valence-electron chi connectivity index (χ2n) is 15.7. The van der Waals surface area contributed by atoms with E-state index in [9.17, 15) is 35.9 Å². The predicted molar refractivity (Wildman–Crippen MR) is 241 cm³/mol. The molecule has 2 saturated heterocycles. The molecular weight excluding hydrogens is 1010 g/mol. The Balaban J connectivity index is 0.000000182. The number of aromatic amines is 1. The largest absolute Gasteiger partial charge is 0.436 e. The number of hydrogen-bond acceptors (Lipinski definition) is 6. The second kappa shape index (κ2) is 19.7. The molecule has 12 nitrogen and oxygen atoms in total. The molecule has 4 aromatic heterocycles. The lowest BCUT2D eigenvalue weighted by molar-refractivity contribution is -0.142. The standard InChI is InChI=1S/C21H20Cl2F3N5O.C16H17BrClN3O.C5H4ClF3N2/c1-11(2)18-16(10-27-31(18)14-6-4-13(22)5-7-14)29-9-8-15(20(29)32)30-12(3)17(23)19(28-30)21(24,25)26;1-10(2)15-14(20-8-7-13(17)16(20)22)9-19-21(15)12-5-3-11(18)4-6-12;1-2-3(6)4(11-10-2)5(7,8)9/h4-7,10-11,15H,8-9H2,1-3H3;3-6,9-10,13H,7-8H2,1-2H3;1H3,(H,10,11). The van der Waals surface area contributed by atoms with Gasteiger partial charge < -0.3 is 9.80 Å². The fourth-order valence-electron chi connectivity index (χ4n) is 7.37. The minimum absolute atomic E-state index is 0.0211. The molecule has 0 aliphatic carbocycles. The Bertz CT molecular complexity index is 2660. The number of hydrogen-bond donors (Lipinski definition) is 1. The van der Waals surface area contributed by atoms with Gasteiger partial charge in [0.1, 0.15) is 6.04 Å². The Morgan fingerprint density at radius 3 is 1.48 bits per heavy atom. The summed E-state index contributed by atoms with van der Waals surface area (Å²) in [6.45, 7) is 12.1. The molecule has 2 unspecified atom stereocenters. The molecule has 23 heteroatoms. The van der Waals surface area contributed by atoms with Crippen LogP contribution in [0.2, 0.25) is 20.1 Å². The number of amides is 2. The molecule has 65 heavy (non-hydrogen) atoms. The van der Waals surface area contributed by atoms with Crippen molar-refractivity contribution in [1.29, 1.82) is 0 Å². The molecular formula is C42H41BrCl4F6N10O2. The van der Waals surface area contributed by atoms with Crippen molar-refractivity contribution < 1.29 is 35.9 Å². The van der Waals surface area contributed by atoms with Crippen molar-refractivity contribution in [2.45, 2.75) is 89.4 Å². The topological polar surface area (TPSA) is 123 Å². The molecule has 6 heterocycles. The van der Waals surface area contributed by atoms with Gasteiger partial charge in [0, 0.05) is 23.1 Å². The number of aryl methyl sites for hydroxylation is 1. The molecule has 1 N–H and O–H groups in total. The van der Waals surface area contributed by atoms with Gasteiger partial charge in [-0.1, -0.05) is 90.0 Å². The van der Waals surface area contributed by atoms with Crippen molar-refractivity contribution >= 4 is 85.5 Å². The molecule has 2 atom stereocenters. The summed E-state index contributed by atoms with van der Waals surface area (Å²) in [5.74, 6) is 0.0270. The van der Waals surface area contributed by atoms with Gasteiger partial charge in [-0.2, -0.15) is 46.7 Å². The first kappa shape index (κ1) is 49.9. The van der Waals surface area contributed by atoms with Gasteiger partial charge in [-0.25, -0.2) is 9.36 Å². The third kappa shape index (κ3) is 10.5. The quantitative estimate of drug-likeness (QED) is 0.125. The number of carbonyl (C=O) groups excluding carboxylic acids is 2. The number of rotatable bonds is 7. The Kier molecular flexibility index (Phi) is 15.1. The number of benzene rings is 2. The number of nitrogens with one attached hydrogen (secondary N) is 1. The zero-order chi connectivity index (χ0) is 47.9. The lowest BCUT2D eigenvalue weighted by atomic mass is 10.1. The Morgan fingerprint density at radius 2 is 1.12 bits per heavy atom. The third-order valence-corrected chi connectivity index (χ3v) is 12.8. The molecule has 0 radical (unpaired) electrons. The van der Waals surface area contributed by atoms with Gasteiger partial charge in [0.05, 0.1) is 72.8 Å². The highest BCUT2D eigenvalue weighted by Crippen LogP contribution is 2.40. The summed E-state index contributed by atoms with van der Waals surface area (Å²) in [6.07, 6.45) is -4.65. The summed E-state index contributed by atoms with van der Waals surface area (Å²) in [7, 11) is 0. The molecule has 2 amide bonds. The number of aromatic nitrogens is 8. The number of anilines is 2. The van der Waals surface area contributed by atoms with E-state index in [1.807, 2.05) is 59.8 Å². The number of H-pyrrole nitrogens is 1. The molecule has 2 fully saturated rings. The average molecular weight is 1050 g/mol. The van der Waals surface area contributed by atoms with E-state index < -0.39 is 34.8 Å². The summed E-state index contributed by atoms with van der Waals surface area (Å²) >= 11 is 26.5. The summed E-state index contributed by atoms with van der Waals surface area (Å²) in [5.41, 5.74) is 3.20. The van der Waals surface area contributed by atoms with Gasteiger partial charge in [0.15, 0.2) is 11.4 Å². The zero-order valence-electron chi connectivity index (χ0n) is 35.4. The lowest BCUT2D eigenvalue weighted by Gasteiger charge is -2.20. The molecule has 2 aliphatic rings. The first-order valence-corrected chi connectivity index (χ1v) is 22.4. The molecule has 0 saturated carbocycles. The molecule has 6 aromatic rings. The molecule has 8 rings (SSSR count). The van der Waals surface area contributed by atoms with Crippen molar-refractivity contribution in [2.75, 3.05) is 22.9 Å². The third-order valence-electron chi connectivity index (χ3n) is 10.5. The van der Waals surface area contributed by atoms with E-state index in [-0.39, 0.29) is 44.9 Å². The molecule has 348 valence electrons. The van der Waals surface area contributed by atoms with Crippen molar-refractivity contribution in [2.24, 2.45) is 0 Å². The van der Waals surface area contributed by atoms with Gasteiger partial charge in [-0.05, 0) is 87.1 Å². The summed E-state index contributed by atoms with van der Waals surface area (Å²) < 4.78 is 80.1. The molecule has 0 spiro atoms. The van der Waals surface area contributed by atoms with Gasteiger partial charge in [-0.15, -0.1) is 0 Å². The minimum Gasteiger partial charge on any atom is -0.308 e. The molecule has 2 aliphatic heterocycles. The maximum atomic E-state index is 13.3. The van der Waals surface area contributed by atoms with Gasteiger partial charge >= 0.3 is 12.4 Å². The van der Waals surface area contributed by atoms with Crippen LogP contribution < -0.4 is 9.80 Å². The smallest absolute Gasteiger partial charge is 0.308 e. The van der Waals surface area contributed by atoms with Crippen LogP contribution in [0.4, 0.5) is 37.7 Å². The van der Waals surface area contributed by atoms with E-state index in [0.29, 0.717) is 28.7 Å². The van der Waals surface area contributed by atoms with Crippen LogP contribution in [-0.2, 0) is 21.9 Å². The highest BCUT2D eigenvalue weighted by Gasteiger charge is 2.43. The minimum atomic E-state index is -4.70. The van der Waals surface area contributed by atoms with E-state index in [2.05, 4.69) is 55.3 Å². The number of carbonyl (C=O) groups is 2. The van der Waals surface area contributed by atoms with Crippen molar-refractivity contribution in [3.05, 3.63) is 115 Å². The Hall–Kier alpha value is -4.56. The van der Waals surface area contributed by atoms with Crippen molar-refractivity contribution in [3.63, 3.8) is 0 Å². The van der Waals surface area contributed by atoms with Crippen LogP contribution in [0, 0.1) is 13.8 Å². The summed E-state index contributed by atoms with van der Waals surface area (Å²) in [6, 6.07) is 13.8. The SMILES string of the molecule is CC(C)c1c(N2CCC(Br)C2=O)cnn1-c1ccc(Cl)cc1.Cc1[nH]nc(C(F)(F)F)c1Cl.Cc1c(Cl)c(C(F)(F)F)nn1C1CCN(c2cnn(-c3ccc(Cl)cc3)c2C(C)C)C1=O. The van der Waals surface area contributed by atoms with E-state index in [1.165, 1.54) is 13.8 Å².